The average molecular weight is 201 g/mol. The van der Waals surface area contributed by atoms with E-state index in [1.165, 1.54) is 0 Å². The first-order chi connectivity index (χ1) is 6.50. The first kappa shape index (κ1) is 10.3. The SMILES string of the molecule is O=C([O-])/C=C/c1cc(F)cc(F)c1F. The molecule has 2 nitrogen and oxygen atoms in total. The van der Waals surface area contributed by atoms with Crippen molar-refractivity contribution in [1.82, 2.24) is 0 Å². The maximum absolute atomic E-state index is 12.8. The molecule has 0 atom stereocenters. The van der Waals surface area contributed by atoms with Gasteiger partial charge in [0.15, 0.2) is 11.6 Å². The Morgan fingerprint density at radius 1 is 1.29 bits per heavy atom. The van der Waals surface area contributed by atoms with Crippen LogP contribution in [0.1, 0.15) is 5.56 Å². The van der Waals surface area contributed by atoms with E-state index >= 15 is 0 Å². The van der Waals surface area contributed by atoms with Crippen molar-refractivity contribution in [2.45, 2.75) is 0 Å². The number of aliphatic carboxylic acids is 1. The fourth-order valence-electron chi connectivity index (χ4n) is 0.855. The third-order valence-corrected chi connectivity index (χ3v) is 1.42. The molecule has 0 amide bonds. The Kier molecular flexibility index (Phi) is 2.91. The maximum atomic E-state index is 12.8. The van der Waals surface area contributed by atoms with Crippen LogP contribution in [0.4, 0.5) is 13.2 Å². The molecule has 0 heterocycles. The molecule has 0 N–H and O–H groups in total. The van der Waals surface area contributed by atoms with Crippen LogP contribution in [0.25, 0.3) is 6.08 Å². The van der Waals surface area contributed by atoms with Gasteiger partial charge in [0, 0.05) is 11.6 Å². The van der Waals surface area contributed by atoms with Crippen LogP contribution in [0.2, 0.25) is 0 Å². The lowest BCUT2D eigenvalue weighted by Crippen LogP contribution is -2.18. The summed E-state index contributed by atoms with van der Waals surface area (Å²) in [6.07, 6.45) is 1.20. The Morgan fingerprint density at radius 2 is 1.93 bits per heavy atom. The molecule has 0 aromatic heterocycles. The molecule has 0 aliphatic heterocycles. The second-order valence-electron chi connectivity index (χ2n) is 2.44. The van der Waals surface area contributed by atoms with Crippen molar-refractivity contribution in [1.29, 1.82) is 0 Å². The van der Waals surface area contributed by atoms with E-state index < -0.39 is 29.0 Å². The van der Waals surface area contributed by atoms with Crippen molar-refractivity contribution in [2.24, 2.45) is 0 Å². The van der Waals surface area contributed by atoms with Crippen molar-refractivity contribution in [2.75, 3.05) is 0 Å². The number of carboxylic acids is 1. The van der Waals surface area contributed by atoms with Crippen molar-refractivity contribution < 1.29 is 23.1 Å². The van der Waals surface area contributed by atoms with Crippen molar-refractivity contribution in [3.63, 3.8) is 0 Å². The van der Waals surface area contributed by atoms with E-state index in [1.54, 1.807) is 0 Å². The maximum Gasteiger partial charge on any atom is 0.166 e. The van der Waals surface area contributed by atoms with Crippen LogP contribution in [0, 0.1) is 17.5 Å². The minimum absolute atomic E-state index is 0.367. The van der Waals surface area contributed by atoms with Gasteiger partial charge in [0.1, 0.15) is 5.82 Å². The highest BCUT2D eigenvalue weighted by Crippen LogP contribution is 2.15. The zero-order valence-corrected chi connectivity index (χ0v) is 6.76. The van der Waals surface area contributed by atoms with Crippen LogP contribution in [0.15, 0.2) is 18.2 Å². The largest absolute Gasteiger partial charge is 0.545 e. The van der Waals surface area contributed by atoms with Gasteiger partial charge in [-0.2, -0.15) is 0 Å². The lowest BCUT2D eigenvalue weighted by Gasteiger charge is -1.99. The summed E-state index contributed by atoms with van der Waals surface area (Å²) in [5, 5.41) is 9.95. The Hall–Kier alpha value is -1.78. The molecule has 0 saturated heterocycles. The van der Waals surface area contributed by atoms with Gasteiger partial charge in [0.2, 0.25) is 0 Å². The summed E-state index contributed by atoms with van der Waals surface area (Å²) < 4.78 is 37.9. The van der Waals surface area contributed by atoms with E-state index in [-0.39, 0.29) is 0 Å². The summed E-state index contributed by atoms with van der Waals surface area (Å²) >= 11 is 0. The van der Waals surface area contributed by atoms with Gasteiger partial charge in [-0.15, -0.1) is 0 Å². The quantitative estimate of drug-likeness (QED) is 0.526. The van der Waals surface area contributed by atoms with E-state index in [1.807, 2.05) is 0 Å². The predicted octanol–water partition coefficient (Wildman–Crippen LogP) is 0.867. The highest BCUT2D eigenvalue weighted by Gasteiger charge is 2.08. The van der Waals surface area contributed by atoms with Gasteiger partial charge in [0.05, 0.1) is 5.97 Å². The van der Waals surface area contributed by atoms with Gasteiger partial charge < -0.3 is 9.90 Å². The molecule has 0 spiro atoms. The van der Waals surface area contributed by atoms with E-state index in [0.717, 1.165) is 6.08 Å². The van der Waals surface area contributed by atoms with Crippen molar-refractivity contribution in [3.05, 3.63) is 41.2 Å². The predicted molar refractivity (Wildman–Crippen MR) is 40.4 cm³/mol. The zero-order valence-electron chi connectivity index (χ0n) is 6.76. The fourth-order valence-corrected chi connectivity index (χ4v) is 0.855. The molecular weight excluding hydrogens is 197 g/mol. The van der Waals surface area contributed by atoms with Gasteiger partial charge >= 0.3 is 0 Å². The summed E-state index contributed by atoms with van der Waals surface area (Å²) in [5.74, 6) is -5.23. The molecule has 14 heavy (non-hydrogen) atoms. The van der Waals surface area contributed by atoms with Crippen LogP contribution in [0.5, 0.6) is 0 Å². The first-order valence-corrected chi connectivity index (χ1v) is 3.54. The number of carbonyl (C=O) groups excluding carboxylic acids is 1. The standard InChI is InChI=1S/C9H5F3O2/c10-6-3-5(1-2-8(13)14)9(12)7(11)4-6/h1-4H,(H,13,14)/p-1/b2-1+. The molecule has 0 aliphatic rings. The third kappa shape index (κ3) is 2.35. The topological polar surface area (TPSA) is 40.1 Å². The molecule has 74 valence electrons. The smallest absolute Gasteiger partial charge is 0.166 e. The molecular formula is C9H4F3O2-. The number of carbonyl (C=O) groups is 1. The molecule has 0 aliphatic carbocycles. The van der Waals surface area contributed by atoms with E-state index in [2.05, 4.69) is 0 Å². The second-order valence-corrected chi connectivity index (χ2v) is 2.44. The number of rotatable bonds is 2. The second kappa shape index (κ2) is 3.95. The molecule has 1 aromatic carbocycles. The summed E-state index contributed by atoms with van der Waals surface area (Å²) in [6, 6.07) is 1.05. The Morgan fingerprint density at radius 3 is 2.50 bits per heavy atom. The molecule has 0 fully saturated rings. The summed E-state index contributed by atoms with van der Waals surface area (Å²) in [4.78, 5) is 9.95. The molecule has 0 saturated carbocycles. The number of carboxylic acid groups (broad SMARTS) is 1. The first-order valence-electron chi connectivity index (χ1n) is 3.54. The normalized spacial score (nSPS) is 10.8. The molecule has 0 radical (unpaired) electrons. The highest BCUT2D eigenvalue weighted by molar-refractivity contribution is 5.83. The van der Waals surface area contributed by atoms with Crippen LogP contribution in [0.3, 0.4) is 0 Å². The van der Waals surface area contributed by atoms with Crippen LogP contribution >= 0.6 is 0 Å². The molecule has 1 aromatic rings. The third-order valence-electron chi connectivity index (χ3n) is 1.42. The number of benzene rings is 1. The Bertz CT molecular complexity index is 399. The Labute approximate surface area is 77.3 Å². The lowest BCUT2D eigenvalue weighted by molar-refractivity contribution is -0.297. The summed E-state index contributed by atoms with van der Waals surface area (Å²) in [6.45, 7) is 0. The van der Waals surface area contributed by atoms with Crippen molar-refractivity contribution >= 4 is 12.0 Å². The minimum atomic E-state index is -1.57. The Balaban J connectivity index is 3.14. The molecule has 5 heteroatoms. The monoisotopic (exact) mass is 201 g/mol. The molecule has 1 rings (SSSR count). The van der Waals surface area contributed by atoms with Crippen molar-refractivity contribution in [3.8, 4) is 0 Å². The van der Waals surface area contributed by atoms with Gasteiger partial charge in [-0.1, -0.05) is 6.08 Å². The van der Waals surface area contributed by atoms with Gasteiger partial charge in [-0.25, -0.2) is 13.2 Å². The highest BCUT2D eigenvalue weighted by atomic mass is 19.2. The molecule has 0 bridgehead atoms. The number of hydrogen-bond donors (Lipinski definition) is 0. The van der Waals surface area contributed by atoms with E-state index in [9.17, 15) is 23.1 Å². The summed E-state index contributed by atoms with van der Waals surface area (Å²) in [5.41, 5.74) is -0.480. The molecule has 0 unspecified atom stereocenters. The van der Waals surface area contributed by atoms with Crippen LogP contribution in [-0.4, -0.2) is 5.97 Å². The number of hydrogen-bond acceptors (Lipinski definition) is 2. The van der Waals surface area contributed by atoms with Gasteiger partial charge in [-0.05, 0) is 12.1 Å². The van der Waals surface area contributed by atoms with E-state index in [0.29, 0.717) is 18.2 Å². The van der Waals surface area contributed by atoms with Gasteiger partial charge in [0.25, 0.3) is 0 Å². The van der Waals surface area contributed by atoms with E-state index in [4.69, 9.17) is 0 Å². The lowest BCUT2D eigenvalue weighted by atomic mass is 10.2. The number of halogens is 3. The van der Waals surface area contributed by atoms with Crippen LogP contribution < -0.4 is 5.11 Å². The average Bonchev–Trinajstić information content (AvgIpc) is 2.08. The summed E-state index contributed by atoms with van der Waals surface area (Å²) in [7, 11) is 0. The van der Waals surface area contributed by atoms with Gasteiger partial charge in [-0.3, -0.25) is 0 Å². The fraction of sp³-hybridized carbons (Fsp3) is 0. The van der Waals surface area contributed by atoms with Crippen LogP contribution in [-0.2, 0) is 4.79 Å². The zero-order chi connectivity index (χ0) is 10.7. The minimum Gasteiger partial charge on any atom is -0.545 e.